The number of phosphoric ester groups is 1. The molecule has 0 heterocycles. The van der Waals surface area contributed by atoms with Gasteiger partial charge in [0.2, 0.25) is 0 Å². The van der Waals surface area contributed by atoms with E-state index in [0.717, 1.165) is 96.3 Å². The Morgan fingerprint density at radius 3 is 1.22 bits per heavy atom. The average molecular weight is 956 g/mol. The average Bonchev–Trinajstić information content (AvgIpc) is 3.29. The molecule has 2 atom stereocenters. The predicted octanol–water partition coefficient (Wildman–Crippen LogP) is 16.3. The molecule has 0 saturated heterocycles. The molecule has 0 spiro atoms. The fourth-order valence-electron chi connectivity index (χ4n) is 7.06. The maximum absolute atomic E-state index is 12.8. The molecule has 0 aliphatic heterocycles. The van der Waals surface area contributed by atoms with Crippen molar-refractivity contribution in [3.8, 4) is 0 Å². The molecule has 0 radical (unpaired) electrons. The highest BCUT2D eigenvalue weighted by Crippen LogP contribution is 2.38. The molecule has 0 amide bonds. The van der Waals surface area contributed by atoms with Crippen LogP contribution in [-0.2, 0) is 27.9 Å². The first kappa shape index (κ1) is 64.4. The van der Waals surface area contributed by atoms with Crippen LogP contribution < -0.4 is 4.89 Å². The zero-order valence-electron chi connectivity index (χ0n) is 43.8. The van der Waals surface area contributed by atoms with Gasteiger partial charge in [-0.1, -0.05) is 207 Å². The Morgan fingerprint density at radius 2 is 0.821 bits per heavy atom. The molecule has 0 aromatic heterocycles. The smallest absolute Gasteiger partial charge is 0.306 e. The third-order valence-corrected chi connectivity index (χ3v) is 12.1. The molecule has 2 unspecified atom stereocenters. The zero-order valence-corrected chi connectivity index (χ0v) is 44.7. The van der Waals surface area contributed by atoms with Crippen molar-refractivity contribution in [2.45, 2.75) is 213 Å². The number of rotatable bonds is 49. The number of carbonyl (C=O) groups is 1. The van der Waals surface area contributed by atoms with E-state index in [1.54, 1.807) is 0 Å². The Balaban J connectivity index is 4.13. The van der Waals surface area contributed by atoms with Crippen molar-refractivity contribution >= 4 is 13.8 Å². The van der Waals surface area contributed by atoms with Gasteiger partial charge in [0.25, 0.3) is 7.82 Å². The summed E-state index contributed by atoms with van der Waals surface area (Å²) in [6, 6.07) is 0. The molecule has 0 aromatic rings. The monoisotopic (exact) mass is 956 g/mol. The molecule has 0 fully saturated rings. The summed E-state index contributed by atoms with van der Waals surface area (Å²) in [5, 5.41) is 0. The van der Waals surface area contributed by atoms with Crippen LogP contribution in [0.1, 0.15) is 206 Å². The van der Waals surface area contributed by atoms with Crippen molar-refractivity contribution in [2.75, 3.05) is 54.1 Å². The zero-order chi connectivity index (χ0) is 49.0. The highest BCUT2D eigenvalue weighted by molar-refractivity contribution is 7.45. The lowest BCUT2D eigenvalue weighted by atomic mass is 10.0. The maximum Gasteiger partial charge on any atom is 0.306 e. The van der Waals surface area contributed by atoms with Crippen LogP contribution in [0.3, 0.4) is 0 Å². The number of carbonyl (C=O) groups excluding carboxylic acids is 1. The van der Waals surface area contributed by atoms with Gasteiger partial charge in [-0.05, 0) is 89.9 Å². The normalized spacial score (nSPS) is 14.3. The highest BCUT2D eigenvalue weighted by atomic mass is 31.2. The largest absolute Gasteiger partial charge is 0.756 e. The molecular weight excluding hydrogens is 854 g/mol. The molecule has 9 heteroatoms. The summed E-state index contributed by atoms with van der Waals surface area (Å²) in [5.41, 5.74) is 0. The molecule has 0 aromatic carbocycles. The first-order valence-corrected chi connectivity index (χ1v) is 28.4. The minimum absolute atomic E-state index is 0.0181. The van der Waals surface area contributed by atoms with Crippen molar-refractivity contribution in [3.63, 3.8) is 0 Å². The van der Waals surface area contributed by atoms with Gasteiger partial charge in [0.1, 0.15) is 19.3 Å². The summed E-state index contributed by atoms with van der Waals surface area (Å²) < 4.78 is 34.8. The van der Waals surface area contributed by atoms with Gasteiger partial charge in [-0.3, -0.25) is 9.36 Å². The lowest BCUT2D eigenvalue weighted by Gasteiger charge is -2.28. The number of esters is 1. The van der Waals surface area contributed by atoms with Crippen LogP contribution in [-0.4, -0.2) is 70.7 Å². The lowest BCUT2D eigenvalue weighted by molar-refractivity contribution is -0.870. The van der Waals surface area contributed by atoms with Crippen LogP contribution in [0, 0.1) is 0 Å². The van der Waals surface area contributed by atoms with E-state index in [0.29, 0.717) is 24.1 Å². The quantitative estimate of drug-likeness (QED) is 0.0197. The molecule has 386 valence electrons. The van der Waals surface area contributed by atoms with Gasteiger partial charge in [-0.2, -0.15) is 0 Å². The summed E-state index contributed by atoms with van der Waals surface area (Å²) in [4.78, 5) is 25.2. The molecule has 0 bridgehead atoms. The fraction of sp³-hybridized carbons (Fsp3) is 0.707. The number of allylic oxidation sites excluding steroid dienone is 16. The summed E-state index contributed by atoms with van der Waals surface area (Å²) >= 11 is 0. The highest BCUT2D eigenvalue weighted by Gasteiger charge is 2.20. The Hall–Kier alpha value is -2.58. The number of unbranched alkanes of at least 4 members (excludes halogenated alkanes) is 19. The van der Waals surface area contributed by atoms with E-state index in [9.17, 15) is 14.3 Å². The van der Waals surface area contributed by atoms with Crippen LogP contribution in [0.4, 0.5) is 0 Å². The second kappa shape index (κ2) is 49.8. The van der Waals surface area contributed by atoms with Gasteiger partial charge in [0.05, 0.1) is 34.4 Å². The summed E-state index contributed by atoms with van der Waals surface area (Å²) in [6.07, 6.45) is 68.7. The van der Waals surface area contributed by atoms with Crippen LogP contribution in [0.5, 0.6) is 0 Å². The lowest BCUT2D eigenvalue weighted by Crippen LogP contribution is -2.37. The number of likely N-dealkylation sites (N-methyl/N-ethyl adjacent to an activating group) is 1. The molecule has 0 saturated carbocycles. The molecule has 0 aliphatic rings. The Morgan fingerprint density at radius 1 is 0.463 bits per heavy atom. The number of quaternary nitrogens is 1. The molecule has 0 N–H and O–H groups in total. The van der Waals surface area contributed by atoms with E-state index < -0.39 is 13.9 Å². The number of hydrogen-bond acceptors (Lipinski definition) is 7. The number of ether oxygens (including phenoxy) is 2. The van der Waals surface area contributed by atoms with Crippen molar-refractivity contribution in [1.82, 2.24) is 0 Å². The number of hydrogen-bond donors (Lipinski definition) is 0. The third kappa shape index (κ3) is 54.2. The van der Waals surface area contributed by atoms with E-state index in [4.69, 9.17) is 18.5 Å². The molecular formula is C58H102NO7P. The van der Waals surface area contributed by atoms with Gasteiger partial charge in [0.15, 0.2) is 0 Å². The van der Waals surface area contributed by atoms with Crippen molar-refractivity contribution < 1.29 is 37.3 Å². The SMILES string of the molecule is CC/C=C\C/C=C\C/C=C\C/C=C\CCCCCCCCCCCCCCCOCC(COP(=O)([O-])OCC[N+](C)(C)C)OC(=O)CCCCCCCC/C=C\C/C=C\C/C=C\C/C=C\CC. The van der Waals surface area contributed by atoms with E-state index >= 15 is 0 Å². The van der Waals surface area contributed by atoms with Gasteiger partial charge >= 0.3 is 5.97 Å². The first-order chi connectivity index (χ1) is 32.6. The Bertz CT molecular complexity index is 1390. The number of phosphoric acid groups is 1. The maximum atomic E-state index is 12.8. The fourth-order valence-corrected chi connectivity index (χ4v) is 7.79. The van der Waals surface area contributed by atoms with Crippen molar-refractivity contribution in [1.29, 1.82) is 0 Å². The molecule has 0 aliphatic carbocycles. The van der Waals surface area contributed by atoms with E-state index in [2.05, 4.69) is 111 Å². The van der Waals surface area contributed by atoms with Crippen molar-refractivity contribution in [3.05, 3.63) is 97.2 Å². The van der Waals surface area contributed by atoms with Crippen LogP contribution in [0.25, 0.3) is 0 Å². The van der Waals surface area contributed by atoms with Gasteiger partial charge in [-0.15, -0.1) is 0 Å². The first-order valence-electron chi connectivity index (χ1n) is 27.0. The number of nitrogens with zero attached hydrogens (tertiary/aromatic N) is 1. The van der Waals surface area contributed by atoms with Crippen LogP contribution in [0.2, 0.25) is 0 Å². The van der Waals surface area contributed by atoms with Crippen LogP contribution >= 0.6 is 7.82 Å². The predicted molar refractivity (Wildman–Crippen MR) is 286 cm³/mol. The summed E-state index contributed by atoms with van der Waals surface area (Å²) in [7, 11) is 1.33. The van der Waals surface area contributed by atoms with Gasteiger partial charge in [0, 0.05) is 13.0 Å². The Kier molecular flexibility index (Phi) is 47.9. The minimum atomic E-state index is -4.54. The molecule has 0 rings (SSSR count). The van der Waals surface area contributed by atoms with Crippen LogP contribution in [0.15, 0.2) is 97.2 Å². The molecule has 67 heavy (non-hydrogen) atoms. The topological polar surface area (TPSA) is 94.1 Å². The second-order valence-electron chi connectivity index (χ2n) is 18.8. The van der Waals surface area contributed by atoms with Crippen molar-refractivity contribution in [2.24, 2.45) is 0 Å². The summed E-state index contributed by atoms with van der Waals surface area (Å²) in [6.45, 7) is 5.16. The van der Waals surface area contributed by atoms with Gasteiger partial charge < -0.3 is 27.9 Å². The van der Waals surface area contributed by atoms with E-state index in [-0.39, 0.29) is 25.8 Å². The Labute approximate surface area is 413 Å². The van der Waals surface area contributed by atoms with E-state index in [1.165, 1.54) is 89.9 Å². The standard InChI is InChI=1S/C58H102NO7P/c1-6-8-10-12-14-16-18-20-22-24-26-27-28-29-30-31-32-34-36-38-40-42-44-46-48-50-53-63-55-57(56-65-67(61,62)64-54-52-59(3,4)5)66-58(60)51-49-47-45-43-41-39-37-35-33-25-23-21-19-17-15-13-11-9-7-2/h8-11,14-17,20-23,26-27,33,35,57H,6-7,12-13,18-19,24-25,28-32,34,36-56H2,1-5H3/b10-8-,11-9-,16-14-,17-15-,22-20-,23-21-,27-26-,35-33-. The minimum Gasteiger partial charge on any atom is -0.756 e. The molecule has 8 nitrogen and oxygen atoms in total. The third-order valence-electron chi connectivity index (χ3n) is 11.1. The summed E-state index contributed by atoms with van der Waals surface area (Å²) in [5.74, 6) is -0.350. The second-order valence-corrected chi connectivity index (χ2v) is 20.2. The van der Waals surface area contributed by atoms with E-state index in [1.807, 2.05) is 21.1 Å². The van der Waals surface area contributed by atoms with Gasteiger partial charge in [-0.25, -0.2) is 0 Å².